The molecular formula is C48H53N6O8P. The lowest BCUT2D eigenvalue weighted by Gasteiger charge is -2.37. The van der Waals surface area contributed by atoms with Crippen LogP contribution >= 0.6 is 8.53 Å². The number of hydrogen-bond donors (Lipinski definition) is 1. The number of ether oxygens (including phenoxy) is 5. The minimum atomic E-state index is -1.44. The Morgan fingerprint density at radius 3 is 2.13 bits per heavy atom. The maximum atomic E-state index is 13.3. The number of benzene rings is 4. The van der Waals surface area contributed by atoms with Crippen LogP contribution in [0.5, 0.6) is 11.5 Å². The summed E-state index contributed by atoms with van der Waals surface area (Å²) in [5, 5.41) is 2.98. The van der Waals surface area contributed by atoms with Crippen molar-refractivity contribution in [1.29, 1.82) is 0 Å². The van der Waals surface area contributed by atoms with E-state index in [2.05, 4.69) is 27.1 Å². The molecule has 10 rings (SSSR count). The molecule has 4 aromatic carbocycles. The van der Waals surface area contributed by atoms with Gasteiger partial charge in [0.2, 0.25) is 0 Å². The lowest BCUT2D eigenvalue weighted by molar-refractivity contribution is -0.108. The van der Waals surface area contributed by atoms with Crippen LogP contribution in [0, 0.1) is 0 Å². The molecule has 1 spiro atoms. The van der Waals surface area contributed by atoms with E-state index in [9.17, 15) is 4.79 Å². The molecule has 5 aliphatic heterocycles. The zero-order chi connectivity index (χ0) is 43.0. The molecule has 0 bridgehead atoms. The minimum Gasteiger partial charge on any atom is -0.497 e. The van der Waals surface area contributed by atoms with E-state index >= 15 is 0 Å². The van der Waals surface area contributed by atoms with Crippen molar-refractivity contribution >= 4 is 32.9 Å². The number of amides is 1. The summed E-state index contributed by atoms with van der Waals surface area (Å²) in [7, 11) is 3.57. The van der Waals surface area contributed by atoms with Crippen molar-refractivity contribution in [2.24, 2.45) is 15.0 Å². The minimum absolute atomic E-state index is 0.105. The zero-order valence-electron chi connectivity index (χ0n) is 35.7. The number of carbonyl (C=O) groups excluding carboxylic acids is 1. The quantitative estimate of drug-likeness (QED) is 0.110. The topological polar surface area (TPSA) is 137 Å². The van der Waals surface area contributed by atoms with Crippen molar-refractivity contribution < 1.29 is 37.5 Å². The number of nitrogens with zero attached hydrogens (tertiary/aromatic N) is 5. The third-order valence-corrected chi connectivity index (χ3v) is 15.2. The van der Waals surface area contributed by atoms with Gasteiger partial charge in [-0.25, -0.2) is 14.7 Å². The fraction of sp³-hybridized carbons (Fsp3) is 0.417. The second-order valence-electron chi connectivity index (χ2n) is 16.7. The maximum Gasteiger partial charge on any atom is 0.260 e. The molecule has 1 N–H and O–H groups in total. The molecule has 1 saturated carbocycles. The Morgan fingerprint density at radius 1 is 0.825 bits per heavy atom. The summed E-state index contributed by atoms with van der Waals surface area (Å²) in [6, 6.07) is 35.0. The van der Waals surface area contributed by atoms with Gasteiger partial charge in [0.15, 0.2) is 18.4 Å². The standard InChI is InChI=1S/C48H53N6O8P/c1-56-36-22-18-34(19-23-36)48(33-15-8-5-9-16-33,35-20-24-37(57-2)25-21-35)59-29-38-41(61-63-54-28-12-17-39(54)47(62-63)26-10-11-27-47)42(58-3)46(60-38)53-31-51-40-43(49-30-50-44(40)53)52-45(55)32-13-6-4-7-14-32/h4-9,13-16,18-25,30-31,38-42,44,46H,10-12,17,26-29H2,1-3H3,(H,49,50,52,55)/t38-,39+,40?,41-,42-,44?,46-,63+/m1/s1. The van der Waals surface area contributed by atoms with Crippen LogP contribution < -0.4 is 14.8 Å². The summed E-state index contributed by atoms with van der Waals surface area (Å²) in [4.78, 5) is 29.3. The van der Waals surface area contributed by atoms with E-state index < -0.39 is 50.9 Å². The van der Waals surface area contributed by atoms with Crippen LogP contribution in [0.25, 0.3) is 0 Å². The zero-order valence-corrected chi connectivity index (χ0v) is 36.6. The Balaban J connectivity index is 0.998. The van der Waals surface area contributed by atoms with Crippen molar-refractivity contribution in [3.05, 3.63) is 131 Å². The monoisotopic (exact) mass is 872 g/mol. The number of rotatable bonds is 13. The largest absolute Gasteiger partial charge is 0.497 e. The van der Waals surface area contributed by atoms with Gasteiger partial charge in [-0.1, -0.05) is 85.6 Å². The van der Waals surface area contributed by atoms with Crippen molar-refractivity contribution in [3.8, 4) is 11.5 Å². The highest BCUT2D eigenvalue weighted by atomic mass is 31.2. The van der Waals surface area contributed by atoms with Gasteiger partial charge in [0.05, 0.1) is 32.8 Å². The predicted octanol–water partition coefficient (Wildman–Crippen LogP) is 7.08. The van der Waals surface area contributed by atoms with Crippen molar-refractivity contribution in [2.45, 2.75) is 92.5 Å². The molecule has 328 valence electrons. The molecule has 3 saturated heterocycles. The van der Waals surface area contributed by atoms with Crippen LogP contribution in [-0.4, -0.2) is 117 Å². The van der Waals surface area contributed by atoms with Crippen LogP contribution in [0.3, 0.4) is 0 Å². The SMILES string of the molecule is COc1ccc(C(OC[C@H]2O[C@@H](N3C=NC4C(NC(=O)c5ccccc5)=NC=NC43)[C@H](OC)[C@@H]2O[P@@]2OC3(CCCC3)[C@@H]3CCCN32)(c2ccccc2)c2ccc(OC)cc2)cc1. The molecule has 15 heteroatoms. The number of amidine groups is 1. The highest BCUT2D eigenvalue weighted by molar-refractivity contribution is 7.45. The molecule has 2 unspecified atom stereocenters. The van der Waals surface area contributed by atoms with E-state index in [0.717, 1.165) is 73.3 Å². The maximum absolute atomic E-state index is 13.3. The molecule has 14 nitrogen and oxygen atoms in total. The molecule has 1 amide bonds. The second-order valence-corrected chi connectivity index (χ2v) is 18.1. The molecular weight excluding hydrogens is 820 g/mol. The molecule has 8 atom stereocenters. The first kappa shape index (κ1) is 41.9. The van der Waals surface area contributed by atoms with Gasteiger partial charge in [-0.2, -0.15) is 0 Å². The van der Waals surface area contributed by atoms with Gasteiger partial charge in [-0.15, -0.1) is 0 Å². The Labute approximate surface area is 369 Å². The highest BCUT2D eigenvalue weighted by Crippen LogP contribution is 2.65. The van der Waals surface area contributed by atoms with Crippen LogP contribution in [0.2, 0.25) is 0 Å². The van der Waals surface area contributed by atoms with Gasteiger partial charge < -0.3 is 42.9 Å². The third kappa shape index (κ3) is 7.65. The van der Waals surface area contributed by atoms with E-state index in [-0.39, 0.29) is 18.1 Å². The van der Waals surface area contributed by atoms with Crippen LogP contribution in [0.15, 0.2) is 124 Å². The van der Waals surface area contributed by atoms with Crippen molar-refractivity contribution in [2.75, 3.05) is 34.5 Å². The molecule has 0 aromatic heterocycles. The third-order valence-electron chi connectivity index (χ3n) is 13.4. The van der Waals surface area contributed by atoms with Crippen molar-refractivity contribution in [3.63, 3.8) is 0 Å². The molecule has 6 aliphatic rings. The van der Waals surface area contributed by atoms with Gasteiger partial charge in [-0.3, -0.25) is 9.79 Å². The number of nitrogens with one attached hydrogen (secondary N) is 1. The summed E-state index contributed by atoms with van der Waals surface area (Å²) in [5.74, 6) is 1.59. The normalized spacial score (nSPS) is 28.3. The Bertz CT molecular complexity index is 2270. The fourth-order valence-electron chi connectivity index (χ4n) is 10.2. The molecule has 1 aliphatic carbocycles. The Kier molecular flexibility index (Phi) is 11.9. The van der Waals surface area contributed by atoms with Gasteiger partial charge in [0.25, 0.3) is 14.4 Å². The van der Waals surface area contributed by atoms with Gasteiger partial charge >= 0.3 is 0 Å². The fourth-order valence-corrected chi connectivity index (χ4v) is 12.5. The van der Waals surface area contributed by atoms with Gasteiger partial charge in [-0.05, 0) is 78.8 Å². The average Bonchev–Trinajstić information content (AvgIpc) is 4.19. The van der Waals surface area contributed by atoms with E-state index in [1.165, 1.54) is 6.34 Å². The van der Waals surface area contributed by atoms with Crippen molar-refractivity contribution in [1.82, 2.24) is 14.9 Å². The second kappa shape index (κ2) is 17.8. The number of hydrogen-bond acceptors (Lipinski definition) is 13. The first-order chi connectivity index (χ1) is 30.9. The van der Waals surface area contributed by atoms with Crippen LogP contribution in [-0.2, 0) is 28.9 Å². The summed E-state index contributed by atoms with van der Waals surface area (Å²) < 4.78 is 49.1. The molecule has 5 heterocycles. The van der Waals surface area contributed by atoms with E-state index in [1.54, 1.807) is 39.8 Å². The number of fused-ring (bicyclic) bond motifs is 3. The Hall–Kier alpha value is -5.05. The number of methoxy groups -OCH3 is 3. The first-order valence-electron chi connectivity index (χ1n) is 21.8. The van der Waals surface area contributed by atoms with E-state index in [4.69, 9.17) is 42.7 Å². The summed E-state index contributed by atoms with van der Waals surface area (Å²) in [6.07, 6.45) is 6.68. The lowest BCUT2D eigenvalue weighted by atomic mass is 9.80. The molecule has 4 aromatic rings. The number of aliphatic imine (C=N–C) groups is 3. The summed E-state index contributed by atoms with van der Waals surface area (Å²) >= 11 is 0. The highest BCUT2D eigenvalue weighted by Gasteiger charge is 2.60. The molecule has 4 fully saturated rings. The average molecular weight is 873 g/mol. The first-order valence-corrected chi connectivity index (χ1v) is 22.9. The van der Waals surface area contributed by atoms with Crippen LogP contribution in [0.1, 0.15) is 65.6 Å². The predicted molar refractivity (Wildman–Crippen MR) is 239 cm³/mol. The smallest absolute Gasteiger partial charge is 0.260 e. The van der Waals surface area contributed by atoms with Gasteiger partial charge in [0.1, 0.15) is 47.6 Å². The van der Waals surface area contributed by atoms with Crippen LogP contribution in [0.4, 0.5) is 0 Å². The van der Waals surface area contributed by atoms with Gasteiger partial charge in [0, 0.05) is 25.3 Å². The summed E-state index contributed by atoms with van der Waals surface area (Å²) in [5.41, 5.74) is 1.96. The summed E-state index contributed by atoms with van der Waals surface area (Å²) in [6.45, 7) is 1.03. The van der Waals surface area contributed by atoms with E-state index in [0.29, 0.717) is 17.4 Å². The molecule has 0 radical (unpaired) electrons. The van der Waals surface area contributed by atoms with E-state index in [1.807, 2.05) is 89.8 Å². The number of carbonyl (C=O) groups is 1. The molecule has 63 heavy (non-hydrogen) atoms. The lowest BCUT2D eigenvalue weighted by Crippen LogP contribution is -2.53. The Morgan fingerprint density at radius 2 is 1.48 bits per heavy atom.